The minimum absolute atomic E-state index is 0.0351. The highest BCUT2D eigenvalue weighted by Gasteiger charge is 2.50. The van der Waals surface area contributed by atoms with E-state index in [2.05, 4.69) is 81.4 Å². The van der Waals surface area contributed by atoms with E-state index in [4.69, 9.17) is 4.43 Å². The molecular formula is C23H26O2Si. The molecule has 26 heavy (non-hydrogen) atoms. The molecule has 3 aromatic rings. The lowest BCUT2D eigenvalue weighted by molar-refractivity contribution is 0.286. The molecule has 0 radical (unpaired) electrons. The Labute approximate surface area is 157 Å². The lowest BCUT2D eigenvalue weighted by Gasteiger charge is -2.43. The Balaban J connectivity index is 2.09. The lowest BCUT2D eigenvalue weighted by Crippen LogP contribution is -2.66. The van der Waals surface area contributed by atoms with E-state index in [0.29, 0.717) is 6.61 Å². The molecule has 0 spiro atoms. The molecule has 0 bridgehead atoms. The van der Waals surface area contributed by atoms with Crippen molar-refractivity contribution in [2.24, 2.45) is 0 Å². The molecule has 3 aromatic carbocycles. The Bertz CT molecular complexity index is 782. The third-order valence-corrected chi connectivity index (χ3v) is 9.79. The molecule has 1 N–H and O–H groups in total. The zero-order valence-electron chi connectivity index (χ0n) is 15.6. The summed E-state index contributed by atoms with van der Waals surface area (Å²) < 4.78 is 6.85. The number of aromatic hydroxyl groups is 1. The number of hydrogen-bond acceptors (Lipinski definition) is 2. The van der Waals surface area contributed by atoms with Crippen LogP contribution in [0.5, 0.6) is 5.75 Å². The Hall–Kier alpha value is -2.36. The Kier molecular flexibility index (Phi) is 5.30. The van der Waals surface area contributed by atoms with E-state index in [0.717, 1.165) is 5.56 Å². The SMILES string of the molecule is CC(C)(C)[Si](OCc1ccc(O)cc1)(c1ccccc1)c1ccccc1. The van der Waals surface area contributed by atoms with Gasteiger partial charge in [0.15, 0.2) is 0 Å². The van der Waals surface area contributed by atoms with Crippen LogP contribution >= 0.6 is 0 Å². The minimum Gasteiger partial charge on any atom is -0.508 e. The predicted molar refractivity (Wildman–Crippen MR) is 111 cm³/mol. The number of hydrogen-bond donors (Lipinski definition) is 1. The molecule has 0 unspecified atom stereocenters. The lowest BCUT2D eigenvalue weighted by atomic mass is 10.2. The highest BCUT2D eigenvalue weighted by molar-refractivity contribution is 6.99. The van der Waals surface area contributed by atoms with Gasteiger partial charge < -0.3 is 9.53 Å². The Morgan fingerprint density at radius 1 is 0.731 bits per heavy atom. The number of rotatable bonds is 5. The van der Waals surface area contributed by atoms with Crippen molar-refractivity contribution in [1.82, 2.24) is 0 Å². The quantitative estimate of drug-likeness (QED) is 0.679. The van der Waals surface area contributed by atoms with Gasteiger partial charge in [-0.3, -0.25) is 0 Å². The summed E-state index contributed by atoms with van der Waals surface area (Å²) in [5.41, 5.74) is 1.07. The topological polar surface area (TPSA) is 29.5 Å². The average molecular weight is 363 g/mol. The van der Waals surface area contributed by atoms with Crippen LogP contribution in [0.25, 0.3) is 0 Å². The maximum Gasteiger partial charge on any atom is 0.261 e. The number of benzene rings is 3. The summed E-state index contributed by atoms with van der Waals surface area (Å²) in [4.78, 5) is 0. The van der Waals surface area contributed by atoms with Crippen LogP contribution in [0.15, 0.2) is 84.9 Å². The second kappa shape index (κ2) is 7.48. The smallest absolute Gasteiger partial charge is 0.261 e. The van der Waals surface area contributed by atoms with Crippen LogP contribution in [0.3, 0.4) is 0 Å². The molecule has 134 valence electrons. The molecule has 3 rings (SSSR count). The highest BCUT2D eigenvalue weighted by Crippen LogP contribution is 2.37. The summed E-state index contributed by atoms with van der Waals surface area (Å²) in [5.74, 6) is 0.277. The molecule has 0 aromatic heterocycles. The van der Waals surface area contributed by atoms with Crippen LogP contribution in [0.4, 0.5) is 0 Å². The first-order valence-corrected chi connectivity index (χ1v) is 10.9. The summed E-state index contributed by atoms with van der Waals surface area (Å²) >= 11 is 0. The standard InChI is InChI=1S/C23H26O2Si/c1-23(2,3)26(21-10-6-4-7-11-21,22-12-8-5-9-13-22)25-18-19-14-16-20(24)17-15-19/h4-17,24H,18H2,1-3H3. The maximum absolute atomic E-state index is 9.54. The fourth-order valence-corrected chi connectivity index (χ4v) is 8.08. The van der Waals surface area contributed by atoms with Gasteiger partial charge in [-0.2, -0.15) is 0 Å². The maximum atomic E-state index is 9.54. The van der Waals surface area contributed by atoms with Crippen molar-refractivity contribution in [2.45, 2.75) is 32.4 Å². The van der Waals surface area contributed by atoms with Crippen LogP contribution in [0, 0.1) is 0 Å². The van der Waals surface area contributed by atoms with Gasteiger partial charge in [0.1, 0.15) is 5.75 Å². The van der Waals surface area contributed by atoms with Gasteiger partial charge >= 0.3 is 0 Å². The summed E-state index contributed by atoms with van der Waals surface area (Å²) in [5, 5.41) is 12.1. The molecule has 0 saturated heterocycles. The van der Waals surface area contributed by atoms with Crippen molar-refractivity contribution >= 4 is 18.7 Å². The number of phenols is 1. The highest BCUT2D eigenvalue weighted by atomic mass is 28.4. The fourth-order valence-electron chi connectivity index (χ4n) is 3.55. The van der Waals surface area contributed by atoms with E-state index in [-0.39, 0.29) is 10.8 Å². The third kappa shape index (κ3) is 3.59. The average Bonchev–Trinajstić information content (AvgIpc) is 2.64. The van der Waals surface area contributed by atoms with E-state index in [1.165, 1.54) is 10.4 Å². The summed E-state index contributed by atoms with van der Waals surface area (Å²) in [6.45, 7) is 7.34. The molecular weight excluding hydrogens is 336 g/mol. The van der Waals surface area contributed by atoms with Crippen LogP contribution in [-0.2, 0) is 11.0 Å². The first-order valence-electron chi connectivity index (χ1n) is 8.96. The molecule has 0 aliphatic heterocycles. The molecule has 0 saturated carbocycles. The Morgan fingerprint density at radius 2 is 1.19 bits per heavy atom. The molecule has 0 aliphatic carbocycles. The van der Waals surface area contributed by atoms with Gasteiger partial charge in [-0.25, -0.2) is 0 Å². The second-order valence-corrected chi connectivity index (χ2v) is 11.9. The fraction of sp³-hybridized carbons (Fsp3) is 0.217. The van der Waals surface area contributed by atoms with Crippen molar-refractivity contribution in [2.75, 3.05) is 0 Å². The molecule has 0 aliphatic rings. The normalized spacial score (nSPS) is 12.1. The summed E-state index contributed by atoms with van der Waals surface area (Å²) in [6.07, 6.45) is 0. The molecule has 2 nitrogen and oxygen atoms in total. The molecule has 0 heterocycles. The van der Waals surface area contributed by atoms with Gasteiger partial charge in [0, 0.05) is 0 Å². The van der Waals surface area contributed by atoms with E-state index in [1.807, 2.05) is 12.1 Å². The van der Waals surface area contributed by atoms with Gasteiger partial charge in [0.25, 0.3) is 8.32 Å². The predicted octanol–water partition coefficient (Wildman–Crippen LogP) is 4.47. The van der Waals surface area contributed by atoms with Gasteiger partial charge in [0.2, 0.25) is 0 Å². The molecule has 0 atom stereocenters. The monoisotopic (exact) mass is 362 g/mol. The van der Waals surface area contributed by atoms with Crippen molar-refractivity contribution < 1.29 is 9.53 Å². The Morgan fingerprint density at radius 3 is 1.62 bits per heavy atom. The van der Waals surface area contributed by atoms with Crippen molar-refractivity contribution in [3.05, 3.63) is 90.5 Å². The third-order valence-electron chi connectivity index (χ3n) is 4.81. The van der Waals surface area contributed by atoms with Gasteiger partial charge in [0.05, 0.1) is 6.61 Å². The summed E-state index contributed by atoms with van der Waals surface area (Å²) in [6, 6.07) is 28.5. The van der Waals surface area contributed by atoms with E-state index in [1.54, 1.807) is 12.1 Å². The van der Waals surface area contributed by atoms with E-state index >= 15 is 0 Å². The summed E-state index contributed by atoms with van der Waals surface area (Å²) in [7, 11) is -2.51. The van der Waals surface area contributed by atoms with Crippen molar-refractivity contribution in [3.63, 3.8) is 0 Å². The van der Waals surface area contributed by atoms with Crippen molar-refractivity contribution in [1.29, 1.82) is 0 Å². The zero-order chi connectivity index (χ0) is 18.6. The first kappa shape index (κ1) is 18.4. The van der Waals surface area contributed by atoms with E-state index < -0.39 is 8.32 Å². The zero-order valence-corrected chi connectivity index (χ0v) is 16.6. The van der Waals surface area contributed by atoms with Gasteiger partial charge in [-0.15, -0.1) is 0 Å². The molecule has 0 amide bonds. The largest absolute Gasteiger partial charge is 0.508 e. The van der Waals surface area contributed by atoms with Crippen LogP contribution in [-0.4, -0.2) is 13.4 Å². The van der Waals surface area contributed by atoms with Crippen LogP contribution in [0.2, 0.25) is 5.04 Å². The van der Waals surface area contributed by atoms with Gasteiger partial charge in [-0.1, -0.05) is 93.6 Å². The molecule has 3 heteroatoms. The second-order valence-electron chi connectivity index (χ2n) is 7.62. The van der Waals surface area contributed by atoms with E-state index in [9.17, 15) is 5.11 Å². The van der Waals surface area contributed by atoms with Gasteiger partial charge in [-0.05, 0) is 33.1 Å². The minimum atomic E-state index is -2.51. The van der Waals surface area contributed by atoms with Crippen LogP contribution in [0.1, 0.15) is 26.3 Å². The van der Waals surface area contributed by atoms with Crippen LogP contribution < -0.4 is 10.4 Å². The van der Waals surface area contributed by atoms with Crippen molar-refractivity contribution in [3.8, 4) is 5.75 Å². The number of phenolic OH excluding ortho intramolecular Hbond substituents is 1. The molecule has 0 fully saturated rings. The first-order chi connectivity index (χ1) is 12.4.